The van der Waals surface area contributed by atoms with E-state index in [9.17, 15) is 0 Å². The summed E-state index contributed by atoms with van der Waals surface area (Å²) in [7, 11) is 0. The van der Waals surface area contributed by atoms with Crippen LogP contribution in [0.3, 0.4) is 0 Å². The van der Waals surface area contributed by atoms with Gasteiger partial charge < -0.3 is 10.2 Å². The first kappa shape index (κ1) is 13.1. The van der Waals surface area contributed by atoms with Crippen LogP contribution in [0.2, 0.25) is 0 Å². The maximum absolute atomic E-state index is 4.62. The molecule has 0 saturated carbocycles. The molecule has 0 radical (unpaired) electrons. The van der Waals surface area contributed by atoms with Gasteiger partial charge in [-0.3, -0.25) is 0 Å². The van der Waals surface area contributed by atoms with E-state index in [-0.39, 0.29) is 0 Å². The molecule has 2 rings (SSSR count). The number of nitrogens with one attached hydrogen (secondary N) is 1. The van der Waals surface area contributed by atoms with Crippen molar-refractivity contribution >= 4 is 11.8 Å². The van der Waals surface area contributed by atoms with Crippen molar-refractivity contribution in [1.29, 1.82) is 0 Å². The lowest BCUT2D eigenvalue weighted by Gasteiger charge is -2.17. The molecule has 1 saturated heterocycles. The largest absolute Gasteiger partial charge is 0.356 e. The summed E-state index contributed by atoms with van der Waals surface area (Å²) in [6.45, 7) is 7.49. The highest BCUT2D eigenvalue weighted by Crippen LogP contribution is 2.19. The Bertz CT molecular complexity index is 372. The number of unbranched alkanes of at least 4 members (excludes halogenated alkanes) is 2. The summed E-state index contributed by atoms with van der Waals surface area (Å²) in [4.78, 5) is 11.4. The van der Waals surface area contributed by atoms with E-state index in [1.807, 2.05) is 6.92 Å². The van der Waals surface area contributed by atoms with Crippen molar-refractivity contribution in [3.05, 3.63) is 11.8 Å². The Labute approximate surface area is 110 Å². The molecule has 1 aromatic heterocycles. The van der Waals surface area contributed by atoms with Crippen LogP contribution in [-0.2, 0) is 0 Å². The molecule has 1 N–H and O–H groups in total. The van der Waals surface area contributed by atoms with Crippen molar-refractivity contribution in [2.45, 2.75) is 46.0 Å². The van der Waals surface area contributed by atoms with Crippen molar-refractivity contribution in [2.75, 3.05) is 29.9 Å². The third kappa shape index (κ3) is 3.59. The minimum atomic E-state index is 0.785. The van der Waals surface area contributed by atoms with Crippen LogP contribution in [0.15, 0.2) is 6.07 Å². The lowest BCUT2D eigenvalue weighted by atomic mass is 10.2. The minimum Gasteiger partial charge on any atom is -0.356 e. The fourth-order valence-corrected chi connectivity index (χ4v) is 2.31. The zero-order chi connectivity index (χ0) is 12.8. The van der Waals surface area contributed by atoms with E-state index in [1.54, 1.807) is 0 Å². The van der Waals surface area contributed by atoms with Gasteiger partial charge in [0.1, 0.15) is 5.82 Å². The van der Waals surface area contributed by atoms with E-state index < -0.39 is 0 Å². The van der Waals surface area contributed by atoms with E-state index in [0.29, 0.717) is 0 Å². The van der Waals surface area contributed by atoms with Crippen molar-refractivity contribution in [3.63, 3.8) is 0 Å². The van der Waals surface area contributed by atoms with Crippen LogP contribution in [0.4, 0.5) is 11.8 Å². The lowest BCUT2D eigenvalue weighted by molar-refractivity contribution is 0.739. The number of aromatic nitrogens is 2. The standard InChI is InChI=1S/C14H24N4/c1-3-4-5-8-15-14-16-12(2)11-13(17-14)18-9-6-7-10-18/h11H,3-10H2,1-2H3,(H,15,16,17). The van der Waals surface area contributed by atoms with Gasteiger partial charge in [-0.1, -0.05) is 19.8 Å². The molecule has 0 amide bonds. The van der Waals surface area contributed by atoms with Gasteiger partial charge in [-0.25, -0.2) is 4.98 Å². The van der Waals surface area contributed by atoms with Crippen molar-refractivity contribution in [3.8, 4) is 0 Å². The predicted octanol–water partition coefficient (Wildman–Crippen LogP) is 2.99. The lowest BCUT2D eigenvalue weighted by Crippen LogP contribution is -2.20. The number of hydrogen-bond acceptors (Lipinski definition) is 4. The zero-order valence-electron chi connectivity index (χ0n) is 11.6. The summed E-state index contributed by atoms with van der Waals surface area (Å²) in [5, 5.41) is 3.34. The average molecular weight is 248 g/mol. The maximum atomic E-state index is 4.62. The van der Waals surface area contributed by atoms with Crippen LogP contribution in [0.5, 0.6) is 0 Å². The number of nitrogens with zero attached hydrogens (tertiary/aromatic N) is 3. The molecule has 2 heterocycles. The monoisotopic (exact) mass is 248 g/mol. The van der Waals surface area contributed by atoms with E-state index in [4.69, 9.17) is 0 Å². The molecular formula is C14H24N4. The van der Waals surface area contributed by atoms with Gasteiger partial charge in [-0.2, -0.15) is 4.98 Å². The third-order valence-corrected chi connectivity index (χ3v) is 3.33. The van der Waals surface area contributed by atoms with Gasteiger partial charge in [-0.05, 0) is 26.2 Å². The Hall–Kier alpha value is -1.32. The summed E-state index contributed by atoms with van der Waals surface area (Å²) in [5.41, 5.74) is 1.05. The summed E-state index contributed by atoms with van der Waals surface area (Å²) in [6, 6.07) is 2.09. The second kappa shape index (κ2) is 6.57. The van der Waals surface area contributed by atoms with Crippen molar-refractivity contribution < 1.29 is 0 Å². The highest BCUT2D eigenvalue weighted by Gasteiger charge is 2.14. The molecule has 4 nitrogen and oxygen atoms in total. The second-order valence-corrected chi connectivity index (χ2v) is 5.02. The van der Waals surface area contributed by atoms with Gasteiger partial charge in [0.25, 0.3) is 0 Å². The smallest absolute Gasteiger partial charge is 0.224 e. The number of hydrogen-bond donors (Lipinski definition) is 1. The number of rotatable bonds is 6. The minimum absolute atomic E-state index is 0.785. The summed E-state index contributed by atoms with van der Waals surface area (Å²) in [5.74, 6) is 1.87. The fourth-order valence-electron chi connectivity index (χ4n) is 2.31. The molecule has 4 heteroatoms. The summed E-state index contributed by atoms with van der Waals surface area (Å²) < 4.78 is 0. The molecule has 0 spiro atoms. The molecule has 100 valence electrons. The Morgan fingerprint density at radius 2 is 2.00 bits per heavy atom. The first-order valence-corrected chi connectivity index (χ1v) is 7.14. The van der Waals surface area contributed by atoms with Crippen molar-refractivity contribution in [2.24, 2.45) is 0 Å². The molecule has 1 aliphatic heterocycles. The van der Waals surface area contributed by atoms with E-state index in [2.05, 4.69) is 33.2 Å². The quantitative estimate of drug-likeness (QED) is 0.786. The molecule has 0 aliphatic carbocycles. The van der Waals surface area contributed by atoms with E-state index in [0.717, 1.165) is 37.1 Å². The van der Waals surface area contributed by atoms with Crippen LogP contribution in [-0.4, -0.2) is 29.6 Å². The highest BCUT2D eigenvalue weighted by molar-refractivity contribution is 5.45. The number of aryl methyl sites for hydroxylation is 1. The van der Waals surface area contributed by atoms with Gasteiger partial charge >= 0.3 is 0 Å². The van der Waals surface area contributed by atoms with Gasteiger partial charge in [0.05, 0.1) is 0 Å². The summed E-state index contributed by atoms with van der Waals surface area (Å²) in [6.07, 6.45) is 6.25. The SMILES string of the molecule is CCCCCNc1nc(C)cc(N2CCCC2)n1. The predicted molar refractivity (Wildman–Crippen MR) is 76.2 cm³/mol. The first-order chi connectivity index (χ1) is 8.79. The van der Waals surface area contributed by atoms with Crippen LogP contribution in [0, 0.1) is 6.92 Å². The van der Waals surface area contributed by atoms with Crippen LogP contribution in [0.25, 0.3) is 0 Å². The Kier molecular flexibility index (Phi) is 4.79. The van der Waals surface area contributed by atoms with E-state index in [1.165, 1.54) is 32.1 Å². The molecule has 1 fully saturated rings. The number of anilines is 2. The van der Waals surface area contributed by atoms with Gasteiger partial charge in [-0.15, -0.1) is 0 Å². The Balaban J connectivity index is 1.97. The van der Waals surface area contributed by atoms with Crippen molar-refractivity contribution in [1.82, 2.24) is 9.97 Å². The Morgan fingerprint density at radius 1 is 1.22 bits per heavy atom. The normalized spacial score (nSPS) is 15.1. The first-order valence-electron chi connectivity index (χ1n) is 7.14. The average Bonchev–Trinajstić information content (AvgIpc) is 2.88. The molecular weight excluding hydrogens is 224 g/mol. The molecule has 0 bridgehead atoms. The molecule has 1 aliphatic rings. The van der Waals surface area contributed by atoms with Crippen LogP contribution in [0.1, 0.15) is 44.7 Å². The molecule has 0 unspecified atom stereocenters. The molecule has 0 atom stereocenters. The van der Waals surface area contributed by atoms with Gasteiger partial charge in [0.15, 0.2) is 0 Å². The highest BCUT2D eigenvalue weighted by atomic mass is 15.2. The van der Waals surface area contributed by atoms with Gasteiger partial charge in [0.2, 0.25) is 5.95 Å². The van der Waals surface area contributed by atoms with Crippen LogP contribution < -0.4 is 10.2 Å². The fraction of sp³-hybridized carbons (Fsp3) is 0.714. The Morgan fingerprint density at radius 3 is 2.72 bits per heavy atom. The molecule has 1 aromatic rings. The molecule has 0 aromatic carbocycles. The third-order valence-electron chi connectivity index (χ3n) is 3.33. The van der Waals surface area contributed by atoms with Crippen LogP contribution >= 0.6 is 0 Å². The van der Waals surface area contributed by atoms with E-state index >= 15 is 0 Å². The summed E-state index contributed by atoms with van der Waals surface area (Å²) >= 11 is 0. The maximum Gasteiger partial charge on any atom is 0.224 e. The zero-order valence-corrected chi connectivity index (χ0v) is 11.6. The van der Waals surface area contributed by atoms with Gasteiger partial charge in [0, 0.05) is 31.4 Å². The molecule has 18 heavy (non-hydrogen) atoms. The topological polar surface area (TPSA) is 41.1 Å². The second-order valence-electron chi connectivity index (χ2n) is 5.02.